The molecule has 0 aliphatic rings. The van der Waals surface area contributed by atoms with Crippen LogP contribution in [0.2, 0.25) is 0 Å². The highest BCUT2D eigenvalue weighted by Crippen LogP contribution is 1.92. The van der Waals surface area contributed by atoms with Gasteiger partial charge in [0.05, 0.1) is 6.04 Å². The molecule has 11 heavy (non-hydrogen) atoms. The Balaban J connectivity index is 3.60. The van der Waals surface area contributed by atoms with Gasteiger partial charge in [0.2, 0.25) is 5.91 Å². The van der Waals surface area contributed by atoms with E-state index in [1.807, 2.05) is 0 Å². The predicted octanol–water partition coefficient (Wildman–Crippen LogP) is -1.92. The molecule has 64 valence electrons. The Hall–Kier alpha value is -1.14. The van der Waals surface area contributed by atoms with Crippen molar-refractivity contribution in [1.29, 1.82) is 0 Å². The molecule has 0 aromatic carbocycles. The van der Waals surface area contributed by atoms with E-state index < -0.39 is 17.9 Å². The fourth-order valence-electron chi connectivity index (χ4n) is 0.512. The summed E-state index contributed by atoms with van der Waals surface area (Å²) in [6, 6.07) is -0.882. The summed E-state index contributed by atoms with van der Waals surface area (Å²) in [5, 5.41) is 8.07. The molecule has 0 aromatic rings. The van der Waals surface area contributed by atoms with E-state index in [4.69, 9.17) is 16.7 Å². The fourth-order valence-corrected chi connectivity index (χ4v) is 0.512. The minimum Gasteiger partial charge on any atom is -0.370 e. The number of hydroxylamine groups is 1. The van der Waals surface area contributed by atoms with Crippen LogP contribution < -0.4 is 16.9 Å². The second-order valence-electron chi connectivity index (χ2n) is 2.09. The van der Waals surface area contributed by atoms with Gasteiger partial charge in [0.25, 0.3) is 5.91 Å². The van der Waals surface area contributed by atoms with Crippen LogP contribution in [0.3, 0.4) is 0 Å². The topological polar surface area (TPSA) is 118 Å². The van der Waals surface area contributed by atoms with Crippen LogP contribution >= 0.6 is 0 Å². The minimum atomic E-state index is -0.882. The Morgan fingerprint density at radius 3 is 2.45 bits per heavy atom. The zero-order valence-corrected chi connectivity index (χ0v) is 5.91. The van der Waals surface area contributed by atoms with Gasteiger partial charge in [-0.2, -0.15) is 0 Å². The van der Waals surface area contributed by atoms with Crippen LogP contribution in [0.25, 0.3) is 0 Å². The summed E-state index contributed by atoms with van der Waals surface area (Å²) >= 11 is 0. The van der Waals surface area contributed by atoms with E-state index in [9.17, 15) is 9.59 Å². The molecule has 0 saturated heterocycles. The number of hydrogen-bond acceptors (Lipinski definition) is 4. The number of carbonyl (C=O) groups is 2. The van der Waals surface area contributed by atoms with Gasteiger partial charge in [-0.05, 0) is 6.42 Å². The van der Waals surface area contributed by atoms with Crippen LogP contribution in [0.1, 0.15) is 12.8 Å². The first-order valence-electron chi connectivity index (χ1n) is 3.05. The quantitative estimate of drug-likeness (QED) is 0.284. The molecule has 6 heteroatoms. The molecular weight excluding hydrogens is 150 g/mol. The first-order chi connectivity index (χ1) is 5.07. The fraction of sp³-hybridized carbons (Fsp3) is 0.600. The van der Waals surface area contributed by atoms with Crippen molar-refractivity contribution < 1.29 is 14.8 Å². The van der Waals surface area contributed by atoms with E-state index >= 15 is 0 Å². The molecular formula is C5H11N3O3. The van der Waals surface area contributed by atoms with Crippen molar-refractivity contribution in [2.45, 2.75) is 18.9 Å². The van der Waals surface area contributed by atoms with E-state index in [1.54, 1.807) is 0 Å². The molecule has 0 unspecified atom stereocenters. The van der Waals surface area contributed by atoms with Gasteiger partial charge >= 0.3 is 0 Å². The molecule has 6 nitrogen and oxygen atoms in total. The average molecular weight is 161 g/mol. The Morgan fingerprint density at radius 1 is 1.55 bits per heavy atom. The van der Waals surface area contributed by atoms with Crippen molar-refractivity contribution in [3.63, 3.8) is 0 Å². The number of hydrogen-bond donors (Lipinski definition) is 4. The van der Waals surface area contributed by atoms with Crippen LogP contribution in [-0.2, 0) is 9.59 Å². The molecule has 0 aliphatic carbocycles. The Morgan fingerprint density at radius 2 is 2.09 bits per heavy atom. The summed E-state index contributed by atoms with van der Waals surface area (Å²) in [6.45, 7) is 0. The van der Waals surface area contributed by atoms with E-state index in [0.29, 0.717) is 0 Å². The summed E-state index contributed by atoms with van der Waals surface area (Å²) < 4.78 is 0. The second-order valence-corrected chi connectivity index (χ2v) is 2.09. The van der Waals surface area contributed by atoms with Crippen molar-refractivity contribution >= 4 is 11.8 Å². The van der Waals surface area contributed by atoms with E-state index in [2.05, 4.69) is 0 Å². The first kappa shape index (κ1) is 9.86. The monoisotopic (exact) mass is 161 g/mol. The Labute approximate surface area is 63.5 Å². The van der Waals surface area contributed by atoms with Crippen LogP contribution in [0, 0.1) is 0 Å². The number of nitrogens with one attached hydrogen (secondary N) is 1. The van der Waals surface area contributed by atoms with Crippen molar-refractivity contribution in [2.75, 3.05) is 0 Å². The standard InChI is InChI=1S/C5H11N3O3/c6-3(5(10)8-11)1-2-4(7)9/h3,11H,1-2,6H2,(H2,7,9)(H,8,10)/t3-/m0/s1. The minimum absolute atomic E-state index is 0.0363. The molecule has 2 amide bonds. The number of rotatable bonds is 4. The van der Waals surface area contributed by atoms with Crippen molar-refractivity contribution in [1.82, 2.24) is 5.48 Å². The van der Waals surface area contributed by atoms with E-state index in [-0.39, 0.29) is 12.8 Å². The molecule has 0 spiro atoms. The lowest BCUT2D eigenvalue weighted by molar-refractivity contribution is -0.130. The third-order valence-corrected chi connectivity index (χ3v) is 1.15. The summed E-state index contributed by atoms with van der Waals surface area (Å²) in [5.74, 6) is -1.24. The van der Waals surface area contributed by atoms with Crippen LogP contribution in [0.15, 0.2) is 0 Å². The maximum atomic E-state index is 10.5. The van der Waals surface area contributed by atoms with Gasteiger partial charge in [0.1, 0.15) is 0 Å². The molecule has 1 atom stereocenters. The van der Waals surface area contributed by atoms with E-state index in [0.717, 1.165) is 0 Å². The lowest BCUT2D eigenvalue weighted by Crippen LogP contribution is -2.39. The smallest absolute Gasteiger partial charge is 0.260 e. The maximum absolute atomic E-state index is 10.5. The first-order valence-corrected chi connectivity index (χ1v) is 3.05. The van der Waals surface area contributed by atoms with Gasteiger partial charge < -0.3 is 11.5 Å². The molecule has 0 rings (SSSR count). The molecule has 0 radical (unpaired) electrons. The lowest BCUT2D eigenvalue weighted by atomic mass is 10.1. The third kappa shape index (κ3) is 4.29. The number of primary amides is 1. The maximum Gasteiger partial charge on any atom is 0.260 e. The van der Waals surface area contributed by atoms with Gasteiger partial charge in [-0.3, -0.25) is 14.8 Å². The largest absolute Gasteiger partial charge is 0.370 e. The normalized spacial score (nSPS) is 12.2. The highest BCUT2D eigenvalue weighted by Gasteiger charge is 2.12. The Kier molecular flexibility index (Phi) is 4.16. The zero-order chi connectivity index (χ0) is 8.85. The number of amides is 2. The highest BCUT2D eigenvalue weighted by atomic mass is 16.5. The number of carbonyl (C=O) groups excluding carboxylic acids is 2. The third-order valence-electron chi connectivity index (χ3n) is 1.15. The summed E-state index contributed by atoms with van der Waals surface area (Å²) in [5.41, 5.74) is 11.4. The molecule has 6 N–H and O–H groups in total. The second kappa shape index (κ2) is 4.64. The average Bonchev–Trinajstić information content (AvgIpc) is 1.98. The van der Waals surface area contributed by atoms with Crippen molar-refractivity contribution in [3.8, 4) is 0 Å². The van der Waals surface area contributed by atoms with Crippen LogP contribution in [0.5, 0.6) is 0 Å². The molecule has 0 aromatic heterocycles. The molecule has 0 aliphatic heterocycles. The SMILES string of the molecule is NC(=O)CC[C@H](N)C(=O)NO. The Bertz CT molecular complexity index is 159. The molecule has 0 fully saturated rings. The number of nitrogens with two attached hydrogens (primary N) is 2. The van der Waals surface area contributed by atoms with Gasteiger partial charge in [0.15, 0.2) is 0 Å². The van der Waals surface area contributed by atoms with Gasteiger partial charge in [0, 0.05) is 6.42 Å². The van der Waals surface area contributed by atoms with Crippen molar-refractivity contribution in [2.24, 2.45) is 11.5 Å². The van der Waals surface area contributed by atoms with Gasteiger partial charge in [-0.1, -0.05) is 0 Å². The van der Waals surface area contributed by atoms with Gasteiger partial charge in [-0.25, -0.2) is 5.48 Å². The molecule has 0 saturated carbocycles. The predicted molar refractivity (Wildman–Crippen MR) is 36.3 cm³/mol. The summed E-state index contributed by atoms with van der Waals surface area (Å²) in [7, 11) is 0. The van der Waals surface area contributed by atoms with Crippen LogP contribution in [-0.4, -0.2) is 23.1 Å². The summed E-state index contributed by atoms with van der Waals surface area (Å²) in [6.07, 6.45) is 0.177. The molecule has 0 bridgehead atoms. The van der Waals surface area contributed by atoms with Gasteiger partial charge in [-0.15, -0.1) is 0 Å². The van der Waals surface area contributed by atoms with E-state index in [1.165, 1.54) is 5.48 Å². The van der Waals surface area contributed by atoms with Crippen LogP contribution in [0.4, 0.5) is 0 Å². The summed E-state index contributed by atoms with van der Waals surface area (Å²) in [4.78, 5) is 20.7. The zero-order valence-electron chi connectivity index (χ0n) is 5.91. The highest BCUT2D eigenvalue weighted by molar-refractivity contribution is 5.81. The molecule has 0 heterocycles. The van der Waals surface area contributed by atoms with Crippen molar-refractivity contribution in [3.05, 3.63) is 0 Å². The lowest BCUT2D eigenvalue weighted by Gasteiger charge is -2.06.